The number of hydrogen-bond donors (Lipinski definition) is 0. The highest BCUT2D eigenvalue weighted by Gasteiger charge is 2.24. The summed E-state index contributed by atoms with van der Waals surface area (Å²) in [5.41, 5.74) is 0. The molecule has 0 saturated heterocycles. The van der Waals surface area contributed by atoms with Gasteiger partial charge in [0.05, 0.1) is 0 Å². The van der Waals surface area contributed by atoms with E-state index >= 15 is 0 Å². The van der Waals surface area contributed by atoms with Crippen LogP contribution >= 0.6 is 0 Å². The van der Waals surface area contributed by atoms with Crippen LogP contribution in [0.25, 0.3) is 0 Å². The summed E-state index contributed by atoms with van der Waals surface area (Å²) in [6.45, 7) is 0. The highest BCUT2D eigenvalue weighted by Crippen LogP contribution is 2.37. The molecule has 0 aliphatic heterocycles. The molecule has 2 aliphatic carbocycles. The van der Waals surface area contributed by atoms with Crippen molar-refractivity contribution in [3.63, 3.8) is 0 Å². The molecule has 0 heterocycles. The number of hydrogen-bond acceptors (Lipinski definition) is 0. The SMILES string of the molecule is C1=CC2CC[C@H](C1)C2. The van der Waals surface area contributed by atoms with Crippen molar-refractivity contribution in [2.24, 2.45) is 11.8 Å². The molecule has 0 aromatic carbocycles. The quantitative estimate of drug-likeness (QED) is 0.418. The van der Waals surface area contributed by atoms with Crippen molar-refractivity contribution in [3.05, 3.63) is 12.2 Å². The van der Waals surface area contributed by atoms with Gasteiger partial charge in [-0.15, -0.1) is 0 Å². The van der Waals surface area contributed by atoms with E-state index in [2.05, 4.69) is 12.2 Å². The first-order valence-electron chi connectivity index (χ1n) is 3.62. The van der Waals surface area contributed by atoms with Crippen molar-refractivity contribution in [1.82, 2.24) is 0 Å². The molecular weight excluding hydrogens is 96.1 g/mol. The second kappa shape index (κ2) is 1.61. The first-order valence-corrected chi connectivity index (χ1v) is 3.62. The molecule has 0 radical (unpaired) electrons. The number of fused-ring (bicyclic) bond motifs is 2. The van der Waals surface area contributed by atoms with E-state index in [9.17, 15) is 0 Å². The molecule has 0 aromatic heterocycles. The third kappa shape index (κ3) is 0.594. The van der Waals surface area contributed by atoms with Gasteiger partial charge >= 0.3 is 0 Å². The summed E-state index contributed by atoms with van der Waals surface area (Å²) in [4.78, 5) is 0. The van der Waals surface area contributed by atoms with Crippen LogP contribution in [-0.2, 0) is 0 Å². The second-order valence-electron chi connectivity index (χ2n) is 3.10. The van der Waals surface area contributed by atoms with Gasteiger partial charge in [-0.1, -0.05) is 12.2 Å². The van der Waals surface area contributed by atoms with Crippen LogP contribution in [0.1, 0.15) is 25.7 Å². The van der Waals surface area contributed by atoms with E-state index in [0.29, 0.717) is 0 Å². The van der Waals surface area contributed by atoms with Crippen molar-refractivity contribution in [2.75, 3.05) is 0 Å². The van der Waals surface area contributed by atoms with Gasteiger partial charge in [-0.2, -0.15) is 0 Å². The Hall–Kier alpha value is -0.260. The van der Waals surface area contributed by atoms with E-state index in [1.54, 1.807) is 0 Å². The molecule has 0 N–H and O–H groups in total. The Morgan fingerprint density at radius 3 is 3.00 bits per heavy atom. The largest absolute Gasteiger partial charge is 0.0880 e. The lowest BCUT2D eigenvalue weighted by Crippen LogP contribution is -1.97. The lowest BCUT2D eigenvalue weighted by atomic mass is 9.96. The molecule has 1 unspecified atom stereocenters. The molecule has 2 atom stereocenters. The Bertz CT molecular complexity index is 113. The van der Waals surface area contributed by atoms with Gasteiger partial charge in [0.2, 0.25) is 0 Å². The van der Waals surface area contributed by atoms with Crippen molar-refractivity contribution >= 4 is 0 Å². The van der Waals surface area contributed by atoms with Crippen molar-refractivity contribution in [3.8, 4) is 0 Å². The number of allylic oxidation sites excluding steroid dienone is 2. The Morgan fingerprint density at radius 1 is 1.25 bits per heavy atom. The summed E-state index contributed by atoms with van der Waals surface area (Å²) in [7, 11) is 0. The highest BCUT2D eigenvalue weighted by molar-refractivity contribution is 5.00. The van der Waals surface area contributed by atoms with Crippen LogP contribution in [0.4, 0.5) is 0 Å². The summed E-state index contributed by atoms with van der Waals surface area (Å²) < 4.78 is 0. The third-order valence-electron chi connectivity index (χ3n) is 2.46. The summed E-state index contributed by atoms with van der Waals surface area (Å²) in [5, 5.41) is 0. The molecule has 1 saturated carbocycles. The Labute approximate surface area is 50.6 Å². The smallest absolute Gasteiger partial charge is 0.0231 e. The lowest BCUT2D eigenvalue weighted by Gasteiger charge is -2.10. The van der Waals surface area contributed by atoms with Crippen molar-refractivity contribution in [1.29, 1.82) is 0 Å². The van der Waals surface area contributed by atoms with Gasteiger partial charge in [0.1, 0.15) is 0 Å². The maximum Gasteiger partial charge on any atom is -0.0231 e. The predicted octanol–water partition coefficient (Wildman–Crippen LogP) is 2.36. The highest BCUT2D eigenvalue weighted by atomic mass is 14.3. The zero-order valence-electron chi connectivity index (χ0n) is 5.14. The molecule has 0 aromatic rings. The van der Waals surface area contributed by atoms with Gasteiger partial charge in [-0.25, -0.2) is 0 Å². The van der Waals surface area contributed by atoms with Crippen LogP contribution in [-0.4, -0.2) is 0 Å². The summed E-state index contributed by atoms with van der Waals surface area (Å²) in [5.74, 6) is 2.05. The van der Waals surface area contributed by atoms with E-state index in [0.717, 1.165) is 11.8 Å². The summed E-state index contributed by atoms with van der Waals surface area (Å²) >= 11 is 0. The third-order valence-corrected chi connectivity index (χ3v) is 2.46. The van der Waals surface area contributed by atoms with E-state index in [-0.39, 0.29) is 0 Å². The van der Waals surface area contributed by atoms with E-state index in [1.165, 1.54) is 25.7 Å². The zero-order valence-corrected chi connectivity index (χ0v) is 5.14. The average Bonchev–Trinajstić information content (AvgIpc) is 2.12. The first-order chi connectivity index (χ1) is 3.95. The molecule has 0 spiro atoms. The Morgan fingerprint density at radius 2 is 2.25 bits per heavy atom. The minimum absolute atomic E-state index is 0.980. The molecule has 2 rings (SSSR count). The maximum atomic E-state index is 2.41. The average molecular weight is 108 g/mol. The van der Waals surface area contributed by atoms with Gasteiger partial charge in [0.25, 0.3) is 0 Å². The van der Waals surface area contributed by atoms with Gasteiger partial charge in [-0.05, 0) is 37.5 Å². The Kier molecular flexibility index (Phi) is 0.927. The molecule has 0 heteroatoms. The normalized spacial score (nSPS) is 43.0. The monoisotopic (exact) mass is 108 g/mol. The predicted molar refractivity (Wildman–Crippen MR) is 34.6 cm³/mol. The van der Waals surface area contributed by atoms with E-state index in [4.69, 9.17) is 0 Å². The van der Waals surface area contributed by atoms with Crippen LogP contribution in [0.2, 0.25) is 0 Å². The fourth-order valence-electron chi connectivity index (χ4n) is 1.97. The fourth-order valence-corrected chi connectivity index (χ4v) is 1.97. The van der Waals surface area contributed by atoms with Gasteiger partial charge in [0, 0.05) is 0 Å². The van der Waals surface area contributed by atoms with Crippen molar-refractivity contribution < 1.29 is 0 Å². The zero-order chi connectivity index (χ0) is 5.40. The molecule has 2 bridgehead atoms. The van der Waals surface area contributed by atoms with Gasteiger partial charge in [-0.3, -0.25) is 0 Å². The van der Waals surface area contributed by atoms with Crippen LogP contribution in [0, 0.1) is 11.8 Å². The summed E-state index contributed by atoms with van der Waals surface area (Å²) in [6.07, 6.45) is 10.6. The molecule has 0 nitrogen and oxygen atoms in total. The number of rotatable bonds is 0. The van der Waals surface area contributed by atoms with E-state index < -0.39 is 0 Å². The second-order valence-corrected chi connectivity index (χ2v) is 3.10. The fraction of sp³-hybridized carbons (Fsp3) is 0.750. The molecular formula is C8H12. The van der Waals surface area contributed by atoms with Crippen LogP contribution < -0.4 is 0 Å². The van der Waals surface area contributed by atoms with Gasteiger partial charge < -0.3 is 0 Å². The molecule has 0 amide bonds. The minimum Gasteiger partial charge on any atom is -0.0880 e. The molecule has 8 heavy (non-hydrogen) atoms. The van der Waals surface area contributed by atoms with Crippen molar-refractivity contribution in [2.45, 2.75) is 25.7 Å². The standard InChI is InChI=1S/C8H12/c1-2-7-4-5-8(3-1)6-7/h1-2,7-8H,3-6H2/t7?,8-/m0/s1. The maximum absolute atomic E-state index is 2.41. The molecule has 44 valence electrons. The van der Waals surface area contributed by atoms with E-state index in [1.807, 2.05) is 0 Å². The Balaban J connectivity index is 2.17. The minimum atomic E-state index is 0.980. The summed E-state index contributed by atoms with van der Waals surface area (Å²) in [6, 6.07) is 0. The molecule has 2 aliphatic rings. The lowest BCUT2D eigenvalue weighted by molar-refractivity contribution is 0.519. The first kappa shape index (κ1) is 4.60. The van der Waals surface area contributed by atoms with Crippen LogP contribution in [0.3, 0.4) is 0 Å². The van der Waals surface area contributed by atoms with Gasteiger partial charge in [0.15, 0.2) is 0 Å². The van der Waals surface area contributed by atoms with Crippen LogP contribution in [0.15, 0.2) is 12.2 Å². The molecule has 1 fully saturated rings. The van der Waals surface area contributed by atoms with Crippen LogP contribution in [0.5, 0.6) is 0 Å². The topological polar surface area (TPSA) is 0 Å².